The Morgan fingerprint density at radius 3 is 2.40 bits per heavy atom. The smallest absolute Gasteiger partial charge is 0.543 e. The molecule has 9 nitrogen and oxygen atoms in total. The third-order valence-electron chi connectivity index (χ3n) is 5.13. The van der Waals surface area contributed by atoms with Crippen LogP contribution in [-0.4, -0.2) is 69.0 Å². The van der Waals surface area contributed by atoms with Gasteiger partial charge in [0.1, 0.15) is 29.7 Å². The molecule has 1 aliphatic heterocycles. The number of carboxylic acid groups (broad SMARTS) is 1. The number of hydrogen-bond acceptors (Lipinski definition) is 9. The standard InChI is InChI=1S/C20H28O9.Na/c1-11(22)3-4-13-5-7-14(8-6-13)28-20(19(26)27)9-15(23)12(2)18(29-20)17(25)16(24)10-21;/h5-8,12,15-18,21,23-25H,3-4,9-10H2,1-2H3,(H,26,27);/q;+1/p-1. The van der Waals surface area contributed by atoms with E-state index in [1.807, 2.05) is 0 Å². The third-order valence-corrected chi connectivity index (χ3v) is 5.13. The van der Waals surface area contributed by atoms with Gasteiger partial charge in [-0.2, -0.15) is 0 Å². The van der Waals surface area contributed by atoms with Crippen molar-refractivity contribution in [3.63, 3.8) is 0 Å². The van der Waals surface area contributed by atoms with Crippen molar-refractivity contribution in [3.8, 4) is 5.75 Å². The zero-order valence-corrected chi connectivity index (χ0v) is 19.4. The van der Waals surface area contributed by atoms with Crippen LogP contribution in [0.1, 0.15) is 32.3 Å². The van der Waals surface area contributed by atoms with Gasteiger partial charge < -0.3 is 44.6 Å². The summed E-state index contributed by atoms with van der Waals surface area (Å²) in [4.78, 5) is 23.0. The number of aliphatic hydroxyl groups excluding tert-OH is 4. The van der Waals surface area contributed by atoms with Crippen LogP contribution < -0.4 is 39.4 Å². The maximum atomic E-state index is 11.9. The molecule has 6 atom stereocenters. The van der Waals surface area contributed by atoms with E-state index in [-0.39, 0.29) is 41.1 Å². The Kier molecular flexibility index (Phi) is 10.4. The fourth-order valence-electron chi connectivity index (χ4n) is 3.24. The molecule has 1 aliphatic rings. The van der Waals surface area contributed by atoms with E-state index < -0.39 is 55.1 Å². The average Bonchev–Trinajstić information content (AvgIpc) is 2.68. The first-order chi connectivity index (χ1) is 13.6. The summed E-state index contributed by atoms with van der Waals surface area (Å²) >= 11 is 0. The fourth-order valence-corrected chi connectivity index (χ4v) is 3.24. The van der Waals surface area contributed by atoms with Crippen molar-refractivity contribution in [1.82, 2.24) is 0 Å². The van der Waals surface area contributed by atoms with Crippen LogP contribution in [0.4, 0.5) is 0 Å². The molecule has 0 radical (unpaired) electrons. The van der Waals surface area contributed by atoms with Gasteiger partial charge >= 0.3 is 29.6 Å². The van der Waals surface area contributed by atoms with Crippen molar-refractivity contribution in [1.29, 1.82) is 0 Å². The number of hydrogen-bond donors (Lipinski definition) is 4. The molecular weight excluding hydrogens is 407 g/mol. The molecule has 0 spiro atoms. The molecule has 1 saturated heterocycles. The largest absolute Gasteiger partial charge is 1.00 e. The van der Waals surface area contributed by atoms with Crippen molar-refractivity contribution in [3.05, 3.63) is 29.8 Å². The van der Waals surface area contributed by atoms with Crippen LogP contribution in [0.15, 0.2) is 24.3 Å². The number of Topliss-reactive ketones (excluding diaryl/α,β-unsaturated/α-hetero) is 1. The molecule has 1 fully saturated rings. The molecule has 0 aliphatic carbocycles. The molecule has 2 rings (SSSR count). The molecule has 4 N–H and O–H groups in total. The van der Waals surface area contributed by atoms with Crippen molar-refractivity contribution in [2.45, 2.75) is 63.3 Å². The maximum absolute atomic E-state index is 11.9. The molecule has 10 heteroatoms. The van der Waals surface area contributed by atoms with E-state index in [0.717, 1.165) is 5.56 Å². The Balaban J connectivity index is 0.00000450. The van der Waals surface area contributed by atoms with Gasteiger partial charge in [0.05, 0.1) is 18.8 Å². The number of aliphatic hydroxyl groups is 4. The van der Waals surface area contributed by atoms with E-state index in [1.54, 1.807) is 12.1 Å². The molecule has 6 unspecified atom stereocenters. The summed E-state index contributed by atoms with van der Waals surface area (Å²) in [6.45, 7) is 2.24. The molecule has 0 saturated carbocycles. The molecule has 0 bridgehead atoms. The van der Waals surface area contributed by atoms with Gasteiger partial charge in [-0.25, -0.2) is 0 Å². The first kappa shape index (κ1) is 27.0. The molecular formula is C20H27NaO9. The van der Waals surface area contributed by atoms with Crippen LogP contribution in [0, 0.1) is 5.92 Å². The monoisotopic (exact) mass is 434 g/mol. The van der Waals surface area contributed by atoms with E-state index in [4.69, 9.17) is 14.6 Å². The number of aryl methyl sites for hydroxylation is 1. The predicted molar refractivity (Wildman–Crippen MR) is 97.6 cm³/mol. The van der Waals surface area contributed by atoms with Crippen LogP contribution in [0.3, 0.4) is 0 Å². The average molecular weight is 434 g/mol. The Hall–Kier alpha value is -1.04. The van der Waals surface area contributed by atoms with Gasteiger partial charge in [0.15, 0.2) is 0 Å². The van der Waals surface area contributed by atoms with E-state index >= 15 is 0 Å². The zero-order valence-electron chi connectivity index (χ0n) is 17.4. The summed E-state index contributed by atoms with van der Waals surface area (Å²) in [6, 6.07) is 6.35. The minimum absolute atomic E-state index is 0. The predicted octanol–water partition coefficient (Wildman–Crippen LogP) is -4.46. The first-order valence-corrected chi connectivity index (χ1v) is 9.41. The van der Waals surface area contributed by atoms with E-state index in [1.165, 1.54) is 26.0 Å². The van der Waals surface area contributed by atoms with Crippen LogP contribution >= 0.6 is 0 Å². The second kappa shape index (κ2) is 11.5. The minimum Gasteiger partial charge on any atom is -0.543 e. The summed E-state index contributed by atoms with van der Waals surface area (Å²) in [5, 5.41) is 51.2. The van der Waals surface area contributed by atoms with Gasteiger partial charge in [0.25, 0.3) is 5.79 Å². The first-order valence-electron chi connectivity index (χ1n) is 9.41. The Labute approximate surface area is 196 Å². The second-order valence-corrected chi connectivity index (χ2v) is 7.44. The molecule has 1 heterocycles. The summed E-state index contributed by atoms with van der Waals surface area (Å²) in [5.74, 6) is -4.71. The summed E-state index contributed by atoms with van der Waals surface area (Å²) in [5.41, 5.74) is 0.854. The number of rotatable bonds is 9. The van der Waals surface area contributed by atoms with Crippen molar-refractivity contribution < 1.29 is 74.2 Å². The van der Waals surface area contributed by atoms with Gasteiger partial charge in [0.2, 0.25) is 0 Å². The maximum Gasteiger partial charge on any atom is 1.00 e. The molecule has 0 amide bonds. The van der Waals surface area contributed by atoms with Crippen LogP contribution in [0.25, 0.3) is 0 Å². The summed E-state index contributed by atoms with van der Waals surface area (Å²) in [6.07, 6.45) is -5.35. The molecule has 30 heavy (non-hydrogen) atoms. The molecule has 1 aromatic carbocycles. The van der Waals surface area contributed by atoms with Crippen LogP contribution in [0.5, 0.6) is 5.75 Å². The Bertz CT molecular complexity index is 711. The molecule has 0 aromatic heterocycles. The molecule has 162 valence electrons. The number of carbonyl (C=O) groups excluding carboxylic acids is 2. The second-order valence-electron chi connectivity index (χ2n) is 7.44. The SMILES string of the molecule is CC(=O)CCc1ccc(OC2(C(=O)[O-])CC(O)C(C)C(C(O)C(O)CO)O2)cc1.[Na+]. The van der Waals surface area contributed by atoms with Crippen molar-refractivity contribution in [2.75, 3.05) is 6.61 Å². The normalized spacial score (nSPS) is 28.1. The number of ether oxygens (including phenoxy) is 2. The van der Waals surface area contributed by atoms with E-state index in [2.05, 4.69) is 0 Å². The number of carboxylic acids is 1. The van der Waals surface area contributed by atoms with Crippen molar-refractivity contribution in [2.24, 2.45) is 5.92 Å². The third kappa shape index (κ3) is 6.48. The van der Waals surface area contributed by atoms with Gasteiger partial charge in [-0.1, -0.05) is 19.1 Å². The fraction of sp³-hybridized carbons (Fsp3) is 0.600. The number of benzene rings is 1. The van der Waals surface area contributed by atoms with Gasteiger partial charge in [-0.15, -0.1) is 0 Å². The van der Waals surface area contributed by atoms with Crippen LogP contribution in [-0.2, 0) is 20.7 Å². The quantitative estimate of drug-likeness (QED) is 0.282. The molecule has 1 aromatic rings. The summed E-state index contributed by atoms with van der Waals surface area (Å²) in [7, 11) is 0. The van der Waals surface area contributed by atoms with E-state index in [9.17, 15) is 30.0 Å². The summed E-state index contributed by atoms with van der Waals surface area (Å²) < 4.78 is 11.0. The Morgan fingerprint density at radius 1 is 1.30 bits per heavy atom. The topological polar surface area (TPSA) is 157 Å². The number of aliphatic carboxylic acids is 1. The zero-order chi connectivity index (χ0) is 21.8. The minimum atomic E-state index is -2.40. The van der Waals surface area contributed by atoms with E-state index in [0.29, 0.717) is 12.8 Å². The van der Waals surface area contributed by atoms with Crippen molar-refractivity contribution >= 4 is 11.8 Å². The Morgan fingerprint density at radius 2 is 1.90 bits per heavy atom. The van der Waals surface area contributed by atoms with Gasteiger partial charge in [0, 0.05) is 18.8 Å². The van der Waals surface area contributed by atoms with Gasteiger partial charge in [-0.05, 0) is 31.0 Å². The number of ketones is 1. The van der Waals surface area contributed by atoms with Gasteiger partial charge in [-0.3, -0.25) is 0 Å². The number of carbonyl (C=O) groups is 2. The van der Waals surface area contributed by atoms with Crippen LogP contribution in [0.2, 0.25) is 0 Å².